The topological polar surface area (TPSA) is 70.3 Å². The van der Waals surface area contributed by atoms with Crippen molar-refractivity contribution >= 4 is 16.9 Å². The van der Waals surface area contributed by atoms with E-state index in [4.69, 9.17) is 4.42 Å². The van der Waals surface area contributed by atoms with Crippen LogP contribution in [0.15, 0.2) is 39.5 Å². The number of aliphatic carboxylic acids is 1. The molecule has 0 radical (unpaired) electrons. The van der Waals surface area contributed by atoms with Crippen LogP contribution >= 0.6 is 0 Å². The van der Waals surface area contributed by atoms with E-state index in [9.17, 15) is 14.7 Å². The predicted molar refractivity (Wildman–Crippen MR) is 51.2 cm³/mol. The fourth-order valence-electron chi connectivity index (χ4n) is 1.48. The zero-order valence-corrected chi connectivity index (χ0v) is 7.73. The van der Waals surface area contributed by atoms with Crippen LogP contribution in [0.3, 0.4) is 0 Å². The van der Waals surface area contributed by atoms with Crippen LogP contribution in [0, 0.1) is 0 Å². The Hall–Kier alpha value is -2.10. The number of carbonyl (C=O) groups excluding carboxylic acids is 1. The maximum atomic E-state index is 11.1. The Balaban J connectivity index is 2.71. The van der Waals surface area contributed by atoms with Gasteiger partial charge in [-0.2, -0.15) is 0 Å². The predicted octanol–water partition coefficient (Wildman–Crippen LogP) is 0.0854. The van der Waals surface area contributed by atoms with Gasteiger partial charge in [0.05, 0.1) is 0 Å². The van der Waals surface area contributed by atoms with Crippen molar-refractivity contribution in [3.63, 3.8) is 0 Å². The first kappa shape index (κ1) is 9.45. The molecule has 1 heterocycles. The Morgan fingerprint density at radius 3 is 2.80 bits per heavy atom. The van der Waals surface area contributed by atoms with Gasteiger partial charge in [-0.05, 0) is 11.6 Å². The van der Waals surface area contributed by atoms with Crippen LogP contribution in [0.25, 0.3) is 11.0 Å². The second-order valence-electron chi connectivity index (χ2n) is 3.14. The molecular weight excluding hydrogens is 196 g/mol. The molecule has 2 rings (SSSR count). The number of rotatable bonds is 2. The van der Waals surface area contributed by atoms with Gasteiger partial charge >= 0.3 is 5.63 Å². The molecule has 76 valence electrons. The lowest BCUT2D eigenvalue weighted by Crippen LogP contribution is -2.24. The zero-order chi connectivity index (χ0) is 10.8. The van der Waals surface area contributed by atoms with E-state index in [0.717, 1.165) is 0 Å². The van der Waals surface area contributed by atoms with Crippen LogP contribution in [0.4, 0.5) is 0 Å². The Kier molecular flexibility index (Phi) is 2.25. The SMILES string of the molecule is O=C([O-])Cc1cc(=O)oc2ccccc12. The molecule has 1 aromatic carbocycles. The van der Waals surface area contributed by atoms with Crippen molar-refractivity contribution in [2.75, 3.05) is 0 Å². The number of hydrogen-bond acceptors (Lipinski definition) is 4. The summed E-state index contributed by atoms with van der Waals surface area (Å²) in [5.74, 6) is -1.22. The monoisotopic (exact) mass is 203 g/mol. The summed E-state index contributed by atoms with van der Waals surface area (Å²) in [4.78, 5) is 21.6. The maximum Gasteiger partial charge on any atom is 0.336 e. The van der Waals surface area contributed by atoms with Gasteiger partial charge < -0.3 is 14.3 Å². The number of hydrogen-bond donors (Lipinski definition) is 0. The molecule has 0 aliphatic heterocycles. The third-order valence-electron chi connectivity index (χ3n) is 2.07. The number of carbonyl (C=O) groups is 1. The van der Waals surface area contributed by atoms with Gasteiger partial charge in [-0.1, -0.05) is 18.2 Å². The molecule has 2 aromatic rings. The van der Waals surface area contributed by atoms with Gasteiger partial charge in [0.15, 0.2) is 0 Å². The molecule has 0 aliphatic carbocycles. The number of carboxylic acids is 1. The van der Waals surface area contributed by atoms with E-state index in [0.29, 0.717) is 16.5 Å². The summed E-state index contributed by atoms with van der Waals surface area (Å²) in [6, 6.07) is 7.97. The van der Waals surface area contributed by atoms with Gasteiger partial charge in [0.2, 0.25) is 0 Å². The van der Waals surface area contributed by atoms with E-state index in [1.165, 1.54) is 6.07 Å². The summed E-state index contributed by atoms with van der Waals surface area (Å²) in [5.41, 5.74) is 0.257. The van der Waals surface area contributed by atoms with Crippen LogP contribution < -0.4 is 10.7 Å². The Bertz CT molecular complexity index is 568. The van der Waals surface area contributed by atoms with Crippen LogP contribution in [0.2, 0.25) is 0 Å². The Labute approximate surface area is 84.8 Å². The lowest BCUT2D eigenvalue weighted by Gasteiger charge is -2.05. The normalized spacial score (nSPS) is 10.4. The van der Waals surface area contributed by atoms with E-state index in [-0.39, 0.29) is 6.42 Å². The maximum absolute atomic E-state index is 11.1. The molecule has 0 bridgehead atoms. The summed E-state index contributed by atoms with van der Waals surface area (Å²) in [6.07, 6.45) is -0.286. The first-order chi connectivity index (χ1) is 7.16. The molecule has 4 heteroatoms. The summed E-state index contributed by atoms with van der Waals surface area (Å²) >= 11 is 0. The van der Waals surface area contributed by atoms with E-state index in [1.807, 2.05) is 0 Å². The molecular formula is C11H7O4-. The average Bonchev–Trinajstić information content (AvgIpc) is 2.16. The van der Waals surface area contributed by atoms with Gasteiger partial charge in [0.1, 0.15) is 5.58 Å². The summed E-state index contributed by atoms with van der Waals surface area (Å²) in [7, 11) is 0. The minimum Gasteiger partial charge on any atom is -0.550 e. The van der Waals surface area contributed by atoms with Crippen LogP contribution in [0.1, 0.15) is 5.56 Å². The Morgan fingerprint density at radius 1 is 1.33 bits per heavy atom. The van der Waals surface area contributed by atoms with E-state index < -0.39 is 11.6 Å². The molecule has 0 fully saturated rings. The molecule has 4 nitrogen and oxygen atoms in total. The van der Waals surface area contributed by atoms with Gasteiger partial charge in [-0.25, -0.2) is 4.79 Å². The van der Waals surface area contributed by atoms with Crippen LogP contribution in [0.5, 0.6) is 0 Å². The number of benzene rings is 1. The second-order valence-corrected chi connectivity index (χ2v) is 3.14. The number of fused-ring (bicyclic) bond motifs is 1. The molecule has 0 aliphatic rings. The van der Waals surface area contributed by atoms with Gasteiger partial charge in [-0.3, -0.25) is 0 Å². The quantitative estimate of drug-likeness (QED) is 0.648. The van der Waals surface area contributed by atoms with Gasteiger partial charge in [0.25, 0.3) is 0 Å². The van der Waals surface area contributed by atoms with Crippen LogP contribution in [-0.4, -0.2) is 5.97 Å². The summed E-state index contributed by atoms with van der Waals surface area (Å²) in [5, 5.41) is 11.1. The van der Waals surface area contributed by atoms with Crippen LogP contribution in [-0.2, 0) is 11.2 Å². The highest BCUT2D eigenvalue weighted by atomic mass is 16.4. The molecule has 0 unspecified atom stereocenters. The molecule has 0 amide bonds. The van der Waals surface area contributed by atoms with Crippen molar-refractivity contribution in [2.24, 2.45) is 0 Å². The number of para-hydroxylation sites is 1. The molecule has 0 saturated heterocycles. The van der Waals surface area contributed by atoms with Crippen molar-refractivity contribution in [1.82, 2.24) is 0 Å². The first-order valence-electron chi connectivity index (χ1n) is 4.38. The largest absolute Gasteiger partial charge is 0.550 e. The molecule has 0 saturated carbocycles. The van der Waals surface area contributed by atoms with Crippen molar-refractivity contribution in [3.8, 4) is 0 Å². The van der Waals surface area contributed by atoms with Crippen molar-refractivity contribution < 1.29 is 14.3 Å². The Morgan fingerprint density at radius 2 is 2.07 bits per heavy atom. The highest BCUT2D eigenvalue weighted by molar-refractivity contribution is 5.83. The lowest BCUT2D eigenvalue weighted by molar-refractivity contribution is -0.304. The summed E-state index contributed by atoms with van der Waals surface area (Å²) in [6.45, 7) is 0. The third kappa shape index (κ3) is 1.88. The highest BCUT2D eigenvalue weighted by Gasteiger charge is 2.04. The zero-order valence-electron chi connectivity index (χ0n) is 7.73. The molecule has 1 aromatic heterocycles. The standard InChI is InChI=1S/C11H8O4/c12-10(13)5-7-6-11(14)15-9-4-2-1-3-8(7)9/h1-4,6H,5H2,(H,12,13)/p-1. The first-order valence-corrected chi connectivity index (χ1v) is 4.38. The molecule has 0 N–H and O–H groups in total. The molecule has 0 atom stereocenters. The third-order valence-corrected chi connectivity index (χ3v) is 2.07. The minimum absolute atomic E-state index is 0.286. The smallest absolute Gasteiger partial charge is 0.336 e. The average molecular weight is 203 g/mol. The second kappa shape index (κ2) is 3.57. The van der Waals surface area contributed by atoms with E-state index in [1.54, 1.807) is 24.3 Å². The molecule has 15 heavy (non-hydrogen) atoms. The van der Waals surface area contributed by atoms with Crippen molar-refractivity contribution in [3.05, 3.63) is 46.3 Å². The van der Waals surface area contributed by atoms with E-state index >= 15 is 0 Å². The highest BCUT2D eigenvalue weighted by Crippen LogP contribution is 2.16. The summed E-state index contributed by atoms with van der Waals surface area (Å²) < 4.78 is 4.91. The number of carboxylic acid groups (broad SMARTS) is 1. The van der Waals surface area contributed by atoms with E-state index in [2.05, 4.69) is 0 Å². The van der Waals surface area contributed by atoms with Crippen molar-refractivity contribution in [1.29, 1.82) is 0 Å². The molecule has 0 spiro atoms. The lowest BCUT2D eigenvalue weighted by atomic mass is 10.1. The van der Waals surface area contributed by atoms with Crippen molar-refractivity contribution in [2.45, 2.75) is 6.42 Å². The van der Waals surface area contributed by atoms with Gasteiger partial charge in [0, 0.05) is 23.8 Å². The fourth-order valence-corrected chi connectivity index (χ4v) is 1.48. The fraction of sp³-hybridized carbons (Fsp3) is 0.0909. The van der Waals surface area contributed by atoms with Gasteiger partial charge in [-0.15, -0.1) is 0 Å². The minimum atomic E-state index is -1.22.